The Morgan fingerprint density at radius 1 is 1.00 bits per heavy atom. The fourth-order valence-corrected chi connectivity index (χ4v) is 2.79. The number of aryl methyl sites for hydroxylation is 1. The second-order valence-corrected chi connectivity index (χ2v) is 8.73. The molecule has 142 valence electrons. The third kappa shape index (κ3) is 6.28. The summed E-state index contributed by atoms with van der Waals surface area (Å²) in [7, 11) is 0. The molecular weight excluding hydrogens is 473 g/mol. The highest BCUT2D eigenvalue weighted by molar-refractivity contribution is 14.1. The van der Waals surface area contributed by atoms with E-state index in [0.717, 1.165) is 9.13 Å². The van der Waals surface area contributed by atoms with Crippen LogP contribution in [0.15, 0.2) is 42.5 Å². The summed E-state index contributed by atoms with van der Waals surface area (Å²) in [5.41, 5.74) is 2.49. The molecule has 2 aromatic rings. The van der Waals surface area contributed by atoms with Gasteiger partial charge in [0, 0.05) is 25.9 Å². The van der Waals surface area contributed by atoms with E-state index in [1.165, 1.54) is 0 Å². The maximum absolute atomic E-state index is 12.3. The smallest absolute Gasteiger partial charge is 0.257 e. The van der Waals surface area contributed by atoms with Gasteiger partial charge in [0.1, 0.15) is 0 Å². The molecule has 5 nitrogen and oxygen atoms in total. The number of hydrogen-bond donors (Lipinski definition) is 3. The van der Waals surface area contributed by atoms with Crippen molar-refractivity contribution in [2.24, 2.45) is 5.41 Å². The van der Waals surface area contributed by atoms with E-state index in [1.54, 1.807) is 30.3 Å². The number of carbonyl (C=O) groups excluding carboxylic acids is 2. The summed E-state index contributed by atoms with van der Waals surface area (Å²) in [6, 6.07) is 12.6. The summed E-state index contributed by atoms with van der Waals surface area (Å²) < 4.78 is 1.02. The monoisotopic (exact) mass is 495 g/mol. The minimum absolute atomic E-state index is 0.0792. The standard InChI is InChI=1S/C20H22IN3O2S/c1-12-8-9-13(10-16(12)21)17(25)24-19(27)23-15-7-5-6-14(11-15)22-18(26)20(2,3)4/h5-11H,1-4H3,(H,22,26)(H2,23,24,25,27). The van der Waals surface area contributed by atoms with Crippen molar-refractivity contribution in [2.75, 3.05) is 10.6 Å². The van der Waals surface area contributed by atoms with Gasteiger partial charge in [0.25, 0.3) is 5.91 Å². The van der Waals surface area contributed by atoms with Crippen LogP contribution >= 0.6 is 34.8 Å². The minimum atomic E-state index is -0.488. The van der Waals surface area contributed by atoms with Gasteiger partial charge < -0.3 is 10.6 Å². The quantitative estimate of drug-likeness (QED) is 0.426. The molecular formula is C20H22IN3O2S. The fourth-order valence-electron chi connectivity index (χ4n) is 2.07. The highest BCUT2D eigenvalue weighted by atomic mass is 127. The molecule has 27 heavy (non-hydrogen) atoms. The largest absolute Gasteiger partial charge is 0.332 e. The molecule has 0 saturated carbocycles. The van der Waals surface area contributed by atoms with E-state index in [2.05, 4.69) is 38.5 Å². The van der Waals surface area contributed by atoms with Crippen LogP contribution < -0.4 is 16.0 Å². The molecule has 0 heterocycles. The Labute approximate surface area is 178 Å². The van der Waals surface area contributed by atoms with Gasteiger partial charge in [-0.25, -0.2) is 0 Å². The van der Waals surface area contributed by atoms with Crippen LogP contribution in [0.3, 0.4) is 0 Å². The first-order chi connectivity index (χ1) is 12.6. The van der Waals surface area contributed by atoms with Gasteiger partial charge >= 0.3 is 0 Å². The number of rotatable bonds is 3. The van der Waals surface area contributed by atoms with E-state index >= 15 is 0 Å². The Kier molecular flexibility index (Phi) is 6.94. The van der Waals surface area contributed by atoms with Gasteiger partial charge in [-0.3, -0.25) is 14.9 Å². The highest BCUT2D eigenvalue weighted by Gasteiger charge is 2.21. The predicted octanol–water partition coefficient (Wildman–Crippen LogP) is 4.71. The molecule has 0 aliphatic rings. The zero-order valence-electron chi connectivity index (χ0n) is 15.6. The molecule has 0 aliphatic carbocycles. The Bertz CT molecular complexity index is 891. The molecule has 0 fully saturated rings. The highest BCUT2D eigenvalue weighted by Crippen LogP contribution is 2.20. The lowest BCUT2D eigenvalue weighted by Crippen LogP contribution is -2.34. The molecule has 0 bridgehead atoms. The van der Waals surface area contributed by atoms with Crippen molar-refractivity contribution in [3.8, 4) is 0 Å². The zero-order valence-corrected chi connectivity index (χ0v) is 18.6. The van der Waals surface area contributed by atoms with Crippen molar-refractivity contribution in [1.29, 1.82) is 0 Å². The van der Waals surface area contributed by atoms with Crippen LogP contribution in [0.5, 0.6) is 0 Å². The molecule has 0 aliphatic heterocycles. The fraction of sp³-hybridized carbons (Fsp3) is 0.250. The zero-order chi connectivity index (χ0) is 20.2. The molecule has 2 rings (SSSR count). The van der Waals surface area contributed by atoms with E-state index in [1.807, 2.05) is 39.8 Å². The van der Waals surface area contributed by atoms with Crippen molar-refractivity contribution < 1.29 is 9.59 Å². The lowest BCUT2D eigenvalue weighted by atomic mass is 9.95. The Balaban J connectivity index is 2.01. The average Bonchev–Trinajstić information content (AvgIpc) is 2.56. The normalized spacial score (nSPS) is 10.9. The Morgan fingerprint density at radius 2 is 1.63 bits per heavy atom. The maximum Gasteiger partial charge on any atom is 0.257 e. The van der Waals surface area contributed by atoms with E-state index in [-0.39, 0.29) is 16.9 Å². The van der Waals surface area contributed by atoms with Crippen LogP contribution in [0.2, 0.25) is 0 Å². The lowest BCUT2D eigenvalue weighted by Gasteiger charge is -2.18. The first-order valence-electron chi connectivity index (χ1n) is 8.36. The van der Waals surface area contributed by atoms with Gasteiger partial charge in [0.2, 0.25) is 5.91 Å². The van der Waals surface area contributed by atoms with Crippen LogP contribution in [0.1, 0.15) is 36.7 Å². The molecule has 0 spiro atoms. The Hall–Kier alpha value is -2.00. The van der Waals surface area contributed by atoms with Crippen molar-refractivity contribution in [3.63, 3.8) is 0 Å². The van der Waals surface area contributed by atoms with Gasteiger partial charge in [0.05, 0.1) is 0 Å². The summed E-state index contributed by atoms with van der Waals surface area (Å²) in [5, 5.41) is 8.69. The first-order valence-corrected chi connectivity index (χ1v) is 9.85. The Morgan fingerprint density at radius 3 is 2.22 bits per heavy atom. The number of halogens is 1. The number of benzene rings is 2. The third-order valence-corrected chi connectivity index (χ3v) is 5.09. The van der Waals surface area contributed by atoms with Gasteiger partial charge in [0.15, 0.2) is 5.11 Å². The van der Waals surface area contributed by atoms with Crippen LogP contribution in [0.4, 0.5) is 11.4 Å². The van der Waals surface area contributed by atoms with E-state index in [9.17, 15) is 9.59 Å². The SMILES string of the molecule is Cc1ccc(C(=O)NC(=S)Nc2cccc(NC(=O)C(C)(C)C)c2)cc1I. The van der Waals surface area contributed by atoms with Gasteiger partial charge in [-0.05, 0) is 77.6 Å². The van der Waals surface area contributed by atoms with Gasteiger partial charge in [-0.1, -0.05) is 32.9 Å². The van der Waals surface area contributed by atoms with Crippen LogP contribution in [0.25, 0.3) is 0 Å². The van der Waals surface area contributed by atoms with E-state index in [4.69, 9.17) is 12.2 Å². The lowest BCUT2D eigenvalue weighted by molar-refractivity contribution is -0.123. The number of carbonyl (C=O) groups is 2. The number of thiocarbonyl (C=S) groups is 1. The van der Waals surface area contributed by atoms with Crippen LogP contribution in [-0.2, 0) is 4.79 Å². The van der Waals surface area contributed by atoms with Gasteiger partial charge in [-0.15, -0.1) is 0 Å². The summed E-state index contributed by atoms with van der Waals surface area (Å²) in [4.78, 5) is 24.4. The summed E-state index contributed by atoms with van der Waals surface area (Å²) in [5.74, 6) is -0.355. The summed E-state index contributed by atoms with van der Waals surface area (Å²) >= 11 is 7.42. The second kappa shape index (κ2) is 8.79. The summed E-state index contributed by atoms with van der Waals surface area (Å²) in [6.07, 6.45) is 0. The third-order valence-electron chi connectivity index (χ3n) is 3.72. The van der Waals surface area contributed by atoms with E-state index in [0.29, 0.717) is 16.9 Å². The predicted molar refractivity (Wildman–Crippen MR) is 122 cm³/mol. The number of anilines is 2. The molecule has 0 saturated heterocycles. The minimum Gasteiger partial charge on any atom is -0.332 e. The van der Waals surface area contributed by atoms with E-state index < -0.39 is 5.41 Å². The van der Waals surface area contributed by atoms with Crippen molar-refractivity contribution in [1.82, 2.24) is 5.32 Å². The van der Waals surface area contributed by atoms with Crippen molar-refractivity contribution in [2.45, 2.75) is 27.7 Å². The average molecular weight is 495 g/mol. The maximum atomic E-state index is 12.3. The van der Waals surface area contributed by atoms with Crippen molar-refractivity contribution >= 4 is 63.1 Å². The van der Waals surface area contributed by atoms with Gasteiger partial charge in [-0.2, -0.15) is 0 Å². The molecule has 7 heteroatoms. The van der Waals surface area contributed by atoms with Crippen LogP contribution in [-0.4, -0.2) is 16.9 Å². The summed E-state index contributed by atoms with van der Waals surface area (Å²) in [6.45, 7) is 7.53. The number of hydrogen-bond acceptors (Lipinski definition) is 3. The molecule has 2 aromatic carbocycles. The molecule has 0 atom stereocenters. The molecule has 0 radical (unpaired) electrons. The second-order valence-electron chi connectivity index (χ2n) is 7.16. The topological polar surface area (TPSA) is 70.2 Å². The molecule has 3 N–H and O–H groups in total. The van der Waals surface area contributed by atoms with Crippen LogP contribution in [0, 0.1) is 15.9 Å². The molecule has 2 amide bonds. The first kappa shape index (κ1) is 21.3. The molecule has 0 aromatic heterocycles. The molecule has 0 unspecified atom stereocenters. The number of nitrogens with one attached hydrogen (secondary N) is 3. The number of amides is 2. The van der Waals surface area contributed by atoms with Crippen molar-refractivity contribution in [3.05, 3.63) is 57.2 Å².